The van der Waals surface area contributed by atoms with E-state index < -0.39 is 17.4 Å². The summed E-state index contributed by atoms with van der Waals surface area (Å²) < 4.78 is 13.6. The normalized spacial score (nSPS) is 16.6. The number of aliphatic hydroxyl groups is 1. The predicted molar refractivity (Wildman–Crippen MR) is 79.4 cm³/mol. The van der Waals surface area contributed by atoms with Crippen molar-refractivity contribution in [3.63, 3.8) is 0 Å². The second-order valence-corrected chi connectivity index (χ2v) is 5.74. The van der Waals surface area contributed by atoms with Crippen LogP contribution < -0.4 is 10.6 Å². The third-order valence-corrected chi connectivity index (χ3v) is 3.98. The molecule has 0 aromatic heterocycles. The summed E-state index contributed by atoms with van der Waals surface area (Å²) in [6, 6.07) is 5.47. The summed E-state index contributed by atoms with van der Waals surface area (Å²) in [5, 5.41) is 24.2. The molecule has 0 atom stereocenters. The van der Waals surface area contributed by atoms with Crippen molar-refractivity contribution in [2.24, 2.45) is 0 Å². The van der Waals surface area contributed by atoms with Crippen LogP contribution in [0.25, 0.3) is 0 Å². The number of amides is 2. The predicted octanol–water partition coefficient (Wildman–Crippen LogP) is 2.19. The molecule has 0 heterocycles. The van der Waals surface area contributed by atoms with Crippen LogP contribution in [0.2, 0.25) is 0 Å². The van der Waals surface area contributed by atoms with Crippen LogP contribution >= 0.6 is 0 Å². The zero-order chi connectivity index (χ0) is 16.0. The van der Waals surface area contributed by atoms with Crippen LogP contribution in [-0.4, -0.2) is 23.3 Å². The number of benzene rings is 1. The van der Waals surface area contributed by atoms with Gasteiger partial charge in [0, 0.05) is 18.7 Å². The van der Waals surface area contributed by atoms with Gasteiger partial charge in [0.15, 0.2) is 0 Å². The van der Waals surface area contributed by atoms with Gasteiger partial charge in [-0.25, -0.2) is 9.18 Å². The largest absolute Gasteiger partial charge is 0.388 e. The highest BCUT2D eigenvalue weighted by molar-refractivity contribution is 5.73. The van der Waals surface area contributed by atoms with Crippen molar-refractivity contribution in [1.29, 1.82) is 5.26 Å². The SMILES string of the molecule is N#Cc1ccc(F)c(CNC(=O)NCC2(O)CCCCC2)c1. The molecular formula is C16H20FN3O2. The quantitative estimate of drug-likeness (QED) is 0.797. The molecule has 22 heavy (non-hydrogen) atoms. The molecule has 2 rings (SSSR count). The molecule has 0 bridgehead atoms. The number of carbonyl (C=O) groups is 1. The molecule has 1 fully saturated rings. The maximum absolute atomic E-state index is 13.6. The summed E-state index contributed by atoms with van der Waals surface area (Å²) in [4.78, 5) is 11.7. The van der Waals surface area contributed by atoms with Gasteiger partial charge in [0.25, 0.3) is 0 Å². The lowest BCUT2D eigenvalue weighted by atomic mass is 9.85. The summed E-state index contributed by atoms with van der Waals surface area (Å²) in [6.07, 6.45) is 4.42. The van der Waals surface area contributed by atoms with E-state index in [1.807, 2.05) is 6.07 Å². The first kappa shape index (κ1) is 16.2. The number of hydrogen-bond donors (Lipinski definition) is 3. The molecule has 1 saturated carbocycles. The summed E-state index contributed by atoms with van der Waals surface area (Å²) in [5.41, 5.74) is -0.234. The number of carbonyl (C=O) groups excluding carboxylic acids is 1. The van der Waals surface area contributed by atoms with Crippen molar-refractivity contribution >= 4 is 6.03 Å². The molecule has 0 saturated heterocycles. The van der Waals surface area contributed by atoms with Gasteiger partial charge in [-0.15, -0.1) is 0 Å². The van der Waals surface area contributed by atoms with Crippen molar-refractivity contribution < 1.29 is 14.3 Å². The average molecular weight is 305 g/mol. The fourth-order valence-electron chi connectivity index (χ4n) is 2.65. The van der Waals surface area contributed by atoms with E-state index in [-0.39, 0.29) is 18.7 Å². The van der Waals surface area contributed by atoms with Crippen LogP contribution in [0.15, 0.2) is 18.2 Å². The molecule has 118 valence electrons. The van der Waals surface area contributed by atoms with E-state index in [2.05, 4.69) is 10.6 Å². The van der Waals surface area contributed by atoms with Crippen molar-refractivity contribution in [2.75, 3.05) is 6.54 Å². The fourth-order valence-corrected chi connectivity index (χ4v) is 2.65. The van der Waals surface area contributed by atoms with Gasteiger partial charge in [0.1, 0.15) is 5.82 Å². The first-order valence-electron chi connectivity index (χ1n) is 7.45. The van der Waals surface area contributed by atoms with Gasteiger partial charge in [-0.2, -0.15) is 5.26 Å². The minimum Gasteiger partial charge on any atom is -0.388 e. The Morgan fingerprint density at radius 1 is 1.32 bits per heavy atom. The summed E-state index contributed by atoms with van der Waals surface area (Å²) in [5.74, 6) is -0.467. The van der Waals surface area contributed by atoms with Gasteiger partial charge in [0.2, 0.25) is 0 Å². The molecule has 1 aliphatic rings. The van der Waals surface area contributed by atoms with Crippen molar-refractivity contribution in [3.8, 4) is 6.07 Å². The van der Waals surface area contributed by atoms with Gasteiger partial charge in [-0.3, -0.25) is 0 Å². The van der Waals surface area contributed by atoms with Gasteiger partial charge in [0.05, 0.1) is 17.2 Å². The van der Waals surface area contributed by atoms with Crippen LogP contribution in [0.5, 0.6) is 0 Å². The molecule has 0 unspecified atom stereocenters. The number of halogens is 1. The molecule has 0 spiro atoms. The highest BCUT2D eigenvalue weighted by Crippen LogP contribution is 2.27. The average Bonchev–Trinajstić information content (AvgIpc) is 2.53. The standard InChI is InChI=1S/C16H20FN3O2/c17-14-5-4-12(9-18)8-13(14)10-19-15(21)20-11-16(22)6-2-1-3-7-16/h4-5,8,22H,1-3,6-7,10-11H2,(H2,19,20,21). The van der Waals surface area contributed by atoms with E-state index in [4.69, 9.17) is 5.26 Å². The zero-order valence-corrected chi connectivity index (χ0v) is 12.4. The number of hydrogen-bond acceptors (Lipinski definition) is 3. The third kappa shape index (κ3) is 4.43. The van der Waals surface area contributed by atoms with Crippen molar-refractivity contribution in [1.82, 2.24) is 10.6 Å². The Morgan fingerprint density at radius 3 is 2.73 bits per heavy atom. The van der Waals surface area contributed by atoms with Crippen LogP contribution in [0, 0.1) is 17.1 Å². The summed E-state index contributed by atoms with van der Waals surface area (Å²) >= 11 is 0. The monoisotopic (exact) mass is 305 g/mol. The van der Waals surface area contributed by atoms with E-state index in [1.165, 1.54) is 18.2 Å². The topological polar surface area (TPSA) is 85.2 Å². The van der Waals surface area contributed by atoms with E-state index >= 15 is 0 Å². The van der Waals surface area contributed by atoms with Gasteiger partial charge in [-0.05, 0) is 31.0 Å². The molecule has 1 aromatic carbocycles. The molecule has 1 aliphatic carbocycles. The Hall–Kier alpha value is -2.13. The lowest BCUT2D eigenvalue weighted by Crippen LogP contribution is -2.47. The van der Waals surface area contributed by atoms with Gasteiger partial charge >= 0.3 is 6.03 Å². The van der Waals surface area contributed by atoms with Crippen LogP contribution in [0.1, 0.15) is 43.2 Å². The number of nitrogens with one attached hydrogen (secondary N) is 2. The van der Waals surface area contributed by atoms with E-state index in [0.29, 0.717) is 18.4 Å². The Labute approximate surface area is 129 Å². The fraction of sp³-hybridized carbons (Fsp3) is 0.500. The summed E-state index contributed by atoms with van der Waals surface area (Å²) in [6.45, 7) is 0.186. The minimum absolute atomic E-state index is 0.00832. The molecule has 0 aliphatic heterocycles. The van der Waals surface area contributed by atoms with E-state index in [9.17, 15) is 14.3 Å². The maximum atomic E-state index is 13.6. The van der Waals surface area contributed by atoms with E-state index in [0.717, 1.165) is 19.3 Å². The number of nitriles is 1. The second kappa shape index (κ2) is 7.23. The molecule has 1 aromatic rings. The number of urea groups is 1. The molecule has 2 amide bonds. The van der Waals surface area contributed by atoms with Crippen molar-refractivity contribution in [3.05, 3.63) is 35.1 Å². The Balaban J connectivity index is 1.82. The van der Waals surface area contributed by atoms with Crippen molar-refractivity contribution in [2.45, 2.75) is 44.2 Å². The highest BCUT2D eigenvalue weighted by atomic mass is 19.1. The Bertz CT molecular complexity index is 577. The number of nitrogens with zero attached hydrogens (tertiary/aromatic N) is 1. The Kier molecular flexibility index (Phi) is 5.34. The smallest absolute Gasteiger partial charge is 0.315 e. The first-order valence-corrected chi connectivity index (χ1v) is 7.45. The molecule has 6 heteroatoms. The van der Waals surface area contributed by atoms with Crippen LogP contribution in [0.4, 0.5) is 9.18 Å². The Morgan fingerprint density at radius 2 is 2.05 bits per heavy atom. The molecular weight excluding hydrogens is 285 g/mol. The van der Waals surface area contributed by atoms with Crippen LogP contribution in [0.3, 0.4) is 0 Å². The van der Waals surface area contributed by atoms with Gasteiger partial charge < -0.3 is 15.7 Å². The third-order valence-electron chi connectivity index (χ3n) is 3.98. The molecule has 3 N–H and O–H groups in total. The van der Waals surface area contributed by atoms with Gasteiger partial charge in [-0.1, -0.05) is 19.3 Å². The molecule has 0 radical (unpaired) electrons. The second-order valence-electron chi connectivity index (χ2n) is 5.74. The zero-order valence-electron chi connectivity index (χ0n) is 12.4. The summed E-state index contributed by atoms with van der Waals surface area (Å²) in [7, 11) is 0. The minimum atomic E-state index is -0.832. The lowest BCUT2D eigenvalue weighted by molar-refractivity contribution is 0.00719. The first-order chi connectivity index (χ1) is 10.5. The number of rotatable bonds is 4. The lowest BCUT2D eigenvalue weighted by Gasteiger charge is -2.32. The molecule has 5 nitrogen and oxygen atoms in total. The van der Waals surface area contributed by atoms with Crippen LogP contribution in [-0.2, 0) is 6.54 Å². The highest BCUT2D eigenvalue weighted by Gasteiger charge is 2.29. The van der Waals surface area contributed by atoms with E-state index in [1.54, 1.807) is 0 Å². The maximum Gasteiger partial charge on any atom is 0.315 e.